The molecule has 184 valence electrons. The van der Waals surface area contributed by atoms with Gasteiger partial charge in [0.25, 0.3) is 5.69 Å². The predicted octanol–water partition coefficient (Wildman–Crippen LogP) is 2.77. The first-order valence-electron chi connectivity index (χ1n) is 10.4. The number of carbonyl (C=O) groups excluding carboxylic acids is 2. The number of non-ortho nitro benzene ring substituents is 1. The number of hydrogen-bond donors (Lipinski definition) is 2. The average molecular weight is 503 g/mol. The Morgan fingerprint density at radius 2 is 2.03 bits per heavy atom. The number of thioether (sulfide) groups is 1. The van der Waals surface area contributed by atoms with Crippen LogP contribution < -0.4 is 0 Å². The summed E-state index contributed by atoms with van der Waals surface area (Å²) >= 11 is 1.07. The summed E-state index contributed by atoms with van der Waals surface area (Å²) in [7, 11) is 0. The van der Waals surface area contributed by atoms with E-state index < -0.39 is 40.5 Å². The number of benzene rings is 1. The van der Waals surface area contributed by atoms with E-state index in [1.54, 1.807) is 20.8 Å². The molecule has 0 bridgehead atoms. The standard InChI is InChI=1S/C21H21N5O8S/c1-10-22-19(24-23-10)35-14-8-13-15(17(27)25(13)16(14)18(28)29)21(2,3)34-20(30)33-9-11-4-6-12(7-5-11)26(31)32/h4-7,13,15H,8-9H2,1-3H3,(H,28,29)(H,22,23,24)/t13-,15+/m1/s1. The number of rotatable bonds is 8. The minimum Gasteiger partial charge on any atom is -0.477 e. The SMILES string of the molecule is Cc1nc(SC2=C(C(=O)O)N3C(=O)[C@@H](C(C)(C)OC(=O)OCc4ccc([N+](=O)[O-])cc4)[C@H]3C2)n[nH]1. The van der Waals surface area contributed by atoms with E-state index in [0.717, 1.165) is 11.8 Å². The van der Waals surface area contributed by atoms with Gasteiger partial charge in [-0.2, -0.15) is 0 Å². The summed E-state index contributed by atoms with van der Waals surface area (Å²) in [4.78, 5) is 53.2. The molecule has 1 amide bonds. The number of H-pyrrole nitrogens is 1. The third-order valence-corrected chi connectivity index (χ3v) is 6.68. The zero-order chi connectivity index (χ0) is 25.5. The molecule has 0 spiro atoms. The Balaban J connectivity index is 1.40. The van der Waals surface area contributed by atoms with Crippen LogP contribution in [0.2, 0.25) is 0 Å². The van der Waals surface area contributed by atoms with Crippen molar-refractivity contribution in [3.63, 3.8) is 0 Å². The van der Waals surface area contributed by atoms with Gasteiger partial charge >= 0.3 is 12.1 Å². The van der Waals surface area contributed by atoms with Crippen molar-refractivity contribution in [2.45, 2.75) is 50.6 Å². The molecule has 0 radical (unpaired) electrons. The van der Waals surface area contributed by atoms with Gasteiger partial charge in [0.2, 0.25) is 11.1 Å². The zero-order valence-electron chi connectivity index (χ0n) is 18.9. The second kappa shape index (κ2) is 9.02. The number of aromatic amines is 1. The molecule has 0 unspecified atom stereocenters. The van der Waals surface area contributed by atoms with Crippen LogP contribution in [0.15, 0.2) is 40.0 Å². The molecule has 2 N–H and O–H groups in total. The normalized spacial score (nSPS) is 19.3. The zero-order valence-corrected chi connectivity index (χ0v) is 19.7. The molecule has 2 aliphatic rings. The number of aromatic nitrogens is 3. The highest BCUT2D eigenvalue weighted by molar-refractivity contribution is 8.03. The van der Waals surface area contributed by atoms with Crippen LogP contribution in [-0.4, -0.2) is 59.8 Å². The Morgan fingerprint density at radius 3 is 2.60 bits per heavy atom. The minimum absolute atomic E-state index is 0.0906. The predicted molar refractivity (Wildman–Crippen MR) is 119 cm³/mol. The smallest absolute Gasteiger partial charge is 0.477 e. The van der Waals surface area contributed by atoms with Gasteiger partial charge in [-0.05, 0) is 38.5 Å². The quantitative estimate of drug-likeness (QED) is 0.234. The van der Waals surface area contributed by atoms with Crippen molar-refractivity contribution in [1.29, 1.82) is 0 Å². The molecule has 2 atom stereocenters. The van der Waals surface area contributed by atoms with Gasteiger partial charge in [0.05, 0.1) is 16.9 Å². The Hall–Kier alpha value is -3.94. The molecule has 1 aromatic heterocycles. The van der Waals surface area contributed by atoms with E-state index in [1.807, 2.05) is 0 Å². The number of β-lactam (4-membered cyclic amide) rings is 1. The summed E-state index contributed by atoms with van der Waals surface area (Å²) in [5.74, 6) is -1.92. The summed E-state index contributed by atoms with van der Waals surface area (Å²) in [6.07, 6.45) is -0.768. The number of amides is 1. The van der Waals surface area contributed by atoms with Gasteiger partial charge in [-0.25, -0.2) is 14.6 Å². The largest absolute Gasteiger partial charge is 0.509 e. The number of aliphatic carboxylic acids is 1. The molecular weight excluding hydrogens is 482 g/mol. The van der Waals surface area contributed by atoms with E-state index in [4.69, 9.17) is 9.47 Å². The molecule has 1 aromatic carbocycles. The Kier molecular flexibility index (Phi) is 6.23. The van der Waals surface area contributed by atoms with Crippen molar-refractivity contribution >= 4 is 35.5 Å². The second-order valence-corrected chi connectivity index (χ2v) is 9.57. The molecule has 1 saturated heterocycles. The van der Waals surface area contributed by atoms with Gasteiger partial charge in [0.1, 0.15) is 23.7 Å². The maximum Gasteiger partial charge on any atom is 0.509 e. The van der Waals surface area contributed by atoms with E-state index in [9.17, 15) is 29.6 Å². The van der Waals surface area contributed by atoms with Gasteiger partial charge in [0.15, 0.2) is 0 Å². The molecule has 1 fully saturated rings. The first-order valence-corrected chi connectivity index (χ1v) is 11.2. The Labute approximate surface area is 202 Å². The fourth-order valence-corrected chi connectivity index (χ4v) is 5.20. The number of nitrogens with one attached hydrogen (secondary N) is 1. The van der Waals surface area contributed by atoms with E-state index in [0.29, 0.717) is 21.4 Å². The number of nitro benzene ring substituents is 1. The summed E-state index contributed by atoms with van der Waals surface area (Å²) in [5.41, 5.74) is -0.978. The van der Waals surface area contributed by atoms with Gasteiger partial charge in [-0.1, -0.05) is 11.8 Å². The van der Waals surface area contributed by atoms with Gasteiger partial charge in [0, 0.05) is 23.5 Å². The summed E-state index contributed by atoms with van der Waals surface area (Å²) in [6.45, 7) is 4.66. The Bertz CT molecular complexity index is 1240. The van der Waals surface area contributed by atoms with Crippen LogP contribution >= 0.6 is 11.8 Å². The van der Waals surface area contributed by atoms with Crippen LogP contribution in [0.3, 0.4) is 0 Å². The molecule has 13 nitrogen and oxygen atoms in total. The number of hydrogen-bond acceptors (Lipinski definition) is 10. The maximum atomic E-state index is 12.9. The first kappa shape index (κ1) is 24.2. The Morgan fingerprint density at radius 1 is 1.34 bits per heavy atom. The maximum absolute atomic E-state index is 12.9. The lowest BCUT2D eigenvalue weighted by Crippen LogP contribution is -2.66. The first-order chi connectivity index (χ1) is 16.5. The molecule has 2 aromatic rings. The summed E-state index contributed by atoms with van der Waals surface area (Å²) in [5, 5.41) is 27.5. The summed E-state index contributed by atoms with van der Waals surface area (Å²) < 4.78 is 10.5. The minimum atomic E-state index is -1.28. The fourth-order valence-electron chi connectivity index (χ4n) is 4.17. The molecule has 35 heavy (non-hydrogen) atoms. The molecule has 14 heteroatoms. The summed E-state index contributed by atoms with van der Waals surface area (Å²) in [6, 6.07) is 4.98. The van der Waals surface area contributed by atoms with E-state index >= 15 is 0 Å². The lowest BCUT2D eigenvalue weighted by Gasteiger charge is -2.49. The molecule has 2 aliphatic heterocycles. The number of nitrogens with zero attached hydrogens (tertiary/aromatic N) is 4. The van der Waals surface area contributed by atoms with Crippen LogP contribution in [0.4, 0.5) is 10.5 Å². The number of carboxylic acids is 1. The van der Waals surface area contributed by atoms with E-state index in [1.165, 1.54) is 29.2 Å². The number of aryl methyl sites for hydroxylation is 1. The van der Waals surface area contributed by atoms with Crippen molar-refractivity contribution in [3.8, 4) is 0 Å². The lowest BCUT2D eigenvalue weighted by molar-refractivity contribution is -0.384. The van der Waals surface area contributed by atoms with Gasteiger partial charge in [-0.15, -0.1) is 5.10 Å². The molecule has 3 heterocycles. The average Bonchev–Trinajstić information content (AvgIpc) is 3.32. The number of ether oxygens (including phenoxy) is 2. The number of nitro groups is 1. The van der Waals surface area contributed by atoms with Crippen LogP contribution in [0, 0.1) is 23.0 Å². The second-order valence-electron chi connectivity index (χ2n) is 8.51. The van der Waals surface area contributed by atoms with Crippen molar-refractivity contribution in [3.05, 3.63) is 56.4 Å². The third kappa shape index (κ3) is 4.69. The molecule has 0 saturated carbocycles. The third-order valence-electron chi connectivity index (χ3n) is 5.71. The highest BCUT2D eigenvalue weighted by Crippen LogP contribution is 2.50. The number of carboxylic acid groups (broad SMARTS) is 1. The molecule has 0 aliphatic carbocycles. The van der Waals surface area contributed by atoms with Crippen molar-refractivity contribution in [2.75, 3.05) is 0 Å². The monoisotopic (exact) mass is 503 g/mol. The van der Waals surface area contributed by atoms with Crippen LogP contribution in [0.25, 0.3) is 0 Å². The molecular formula is C21H21N5O8S. The van der Waals surface area contributed by atoms with Crippen molar-refractivity contribution < 1.29 is 33.9 Å². The van der Waals surface area contributed by atoms with E-state index in [2.05, 4.69) is 15.2 Å². The van der Waals surface area contributed by atoms with Gasteiger partial charge in [-0.3, -0.25) is 20.0 Å². The molecule has 4 rings (SSSR count). The van der Waals surface area contributed by atoms with Crippen LogP contribution in [0.1, 0.15) is 31.7 Å². The number of carbonyl (C=O) groups is 3. The topological polar surface area (TPSA) is 178 Å². The highest BCUT2D eigenvalue weighted by atomic mass is 32.2. The van der Waals surface area contributed by atoms with Crippen molar-refractivity contribution in [2.24, 2.45) is 5.92 Å². The van der Waals surface area contributed by atoms with Crippen molar-refractivity contribution in [1.82, 2.24) is 20.1 Å². The van der Waals surface area contributed by atoms with E-state index in [-0.39, 0.29) is 24.4 Å². The lowest BCUT2D eigenvalue weighted by atomic mass is 9.76. The van der Waals surface area contributed by atoms with Crippen LogP contribution in [0.5, 0.6) is 0 Å². The highest BCUT2D eigenvalue weighted by Gasteiger charge is 2.61. The van der Waals surface area contributed by atoms with Crippen LogP contribution in [-0.2, 0) is 25.7 Å². The fraction of sp³-hybridized carbons (Fsp3) is 0.381. The number of fused-ring (bicyclic) bond motifs is 1. The van der Waals surface area contributed by atoms with Gasteiger partial charge < -0.3 is 19.5 Å².